The predicted octanol–water partition coefficient (Wildman–Crippen LogP) is 3.60. The van der Waals surface area contributed by atoms with Gasteiger partial charge in [-0.2, -0.15) is 10.3 Å². The summed E-state index contributed by atoms with van der Waals surface area (Å²) in [7, 11) is 0. The maximum absolute atomic E-state index is 14.1. The first-order valence-corrected chi connectivity index (χ1v) is 14.2. The van der Waals surface area contributed by atoms with E-state index in [1.165, 1.54) is 0 Å². The van der Waals surface area contributed by atoms with Crippen LogP contribution in [-0.4, -0.2) is 55.2 Å². The summed E-state index contributed by atoms with van der Waals surface area (Å²) in [4.78, 5) is 28.7. The minimum absolute atomic E-state index is 0.0927. The van der Waals surface area contributed by atoms with Crippen molar-refractivity contribution in [3.63, 3.8) is 0 Å². The number of aromatic nitrogens is 6. The number of anilines is 1. The lowest BCUT2D eigenvalue weighted by molar-refractivity contribution is -0.127. The van der Waals surface area contributed by atoms with Gasteiger partial charge in [-0.15, -0.1) is 10.2 Å². The number of carbonyl (C=O) groups is 2. The highest BCUT2D eigenvalue weighted by Gasteiger charge is 2.36. The zero-order valence-corrected chi connectivity index (χ0v) is 23.1. The molecule has 11 nitrogen and oxygen atoms in total. The maximum Gasteiger partial charge on any atom is 0.240 e. The van der Waals surface area contributed by atoms with Gasteiger partial charge in [0.15, 0.2) is 0 Å². The molecule has 0 radical (unpaired) electrons. The number of aromatic amines is 2. The molecule has 6 N–H and O–H groups in total. The van der Waals surface area contributed by atoms with Crippen molar-refractivity contribution in [2.75, 3.05) is 11.4 Å². The molecule has 3 aromatic carbocycles. The molecular formula is C31H33N9O2. The molecular weight excluding hydrogens is 530 g/mol. The van der Waals surface area contributed by atoms with Crippen LogP contribution in [0.2, 0.25) is 0 Å². The Kier molecular flexibility index (Phi) is 7.74. The van der Waals surface area contributed by atoms with Crippen LogP contribution in [0.15, 0.2) is 72.9 Å². The van der Waals surface area contributed by atoms with Gasteiger partial charge in [-0.3, -0.25) is 19.6 Å². The molecule has 42 heavy (non-hydrogen) atoms. The molecule has 2 heterocycles. The third kappa shape index (κ3) is 5.51. The Morgan fingerprint density at radius 3 is 2.36 bits per heavy atom. The normalized spacial score (nSPS) is 17.6. The monoisotopic (exact) mass is 563 g/mol. The number of H-pyrrole nitrogens is 2. The van der Waals surface area contributed by atoms with Crippen LogP contribution in [0.5, 0.6) is 0 Å². The van der Waals surface area contributed by atoms with E-state index in [4.69, 9.17) is 11.5 Å². The quantitative estimate of drug-likeness (QED) is 0.212. The molecule has 0 saturated heterocycles. The molecule has 1 saturated carbocycles. The number of benzene rings is 3. The molecule has 1 fully saturated rings. The van der Waals surface area contributed by atoms with Crippen molar-refractivity contribution in [2.24, 2.45) is 23.3 Å². The molecule has 2 aromatic heterocycles. The summed E-state index contributed by atoms with van der Waals surface area (Å²) in [6.07, 6.45) is 5.35. The third-order valence-corrected chi connectivity index (χ3v) is 8.33. The van der Waals surface area contributed by atoms with Crippen molar-refractivity contribution in [3.8, 4) is 22.5 Å². The van der Waals surface area contributed by atoms with Crippen molar-refractivity contribution in [1.29, 1.82) is 0 Å². The van der Waals surface area contributed by atoms with Gasteiger partial charge in [-0.05, 0) is 90.4 Å². The smallest absolute Gasteiger partial charge is 0.240 e. The highest BCUT2D eigenvalue weighted by atomic mass is 16.2. The molecule has 0 bridgehead atoms. The Bertz CT molecular complexity index is 1660. The Morgan fingerprint density at radius 1 is 0.952 bits per heavy atom. The van der Waals surface area contributed by atoms with Crippen molar-refractivity contribution in [3.05, 3.63) is 78.5 Å². The zero-order valence-electron chi connectivity index (χ0n) is 23.1. The van der Waals surface area contributed by atoms with Crippen molar-refractivity contribution >= 4 is 28.4 Å². The van der Waals surface area contributed by atoms with Gasteiger partial charge in [0.2, 0.25) is 17.6 Å². The van der Waals surface area contributed by atoms with E-state index in [0.29, 0.717) is 24.0 Å². The highest BCUT2D eigenvalue weighted by molar-refractivity contribution is 6.02. The molecule has 6 rings (SSSR count). The van der Waals surface area contributed by atoms with Crippen LogP contribution in [-0.2, 0) is 16.0 Å². The van der Waals surface area contributed by atoms with Crippen molar-refractivity contribution in [2.45, 2.75) is 38.1 Å². The summed E-state index contributed by atoms with van der Waals surface area (Å²) in [6.45, 7) is 0.622. The minimum Gasteiger partial charge on any atom is -0.368 e. The fourth-order valence-corrected chi connectivity index (χ4v) is 5.94. The summed E-state index contributed by atoms with van der Waals surface area (Å²) in [6, 6.07) is 20.4. The molecule has 0 unspecified atom stereocenters. The van der Waals surface area contributed by atoms with Crippen molar-refractivity contribution < 1.29 is 9.59 Å². The lowest BCUT2D eigenvalue weighted by Gasteiger charge is -2.35. The Hall–Kier alpha value is -4.90. The van der Waals surface area contributed by atoms with E-state index in [-0.39, 0.29) is 18.2 Å². The zero-order chi connectivity index (χ0) is 29.1. The lowest BCUT2D eigenvalue weighted by atomic mass is 9.81. The van der Waals surface area contributed by atoms with E-state index >= 15 is 0 Å². The SMILES string of the molecule is NCC1CCC(C(=O)N(c2ccc(-c3nn[nH]n3)cc2)[C@@H](Cc2ccc(-c3cccc4[nH]ncc34)cc2)C(N)=O)CC1. The molecule has 1 aliphatic rings. The number of hydrogen-bond donors (Lipinski definition) is 4. The van der Waals surface area contributed by atoms with E-state index in [1.54, 1.807) is 17.0 Å². The topological polar surface area (TPSA) is 173 Å². The summed E-state index contributed by atoms with van der Waals surface area (Å²) in [5.74, 6) is 0.00922. The van der Waals surface area contributed by atoms with Gasteiger partial charge in [0.1, 0.15) is 6.04 Å². The average Bonchev–Trinajstić information content (AvgIpc) is 3.74. The first-order valence-electron chi connectivity index (χ1n) is 14.2. The first-order chi connectivity index (χ1) is 20.5. The number of primary amides is 1. The van der Waals surface area contributed by atoms with Gasteiger partial charge in [-0.25, -0.2) is 0 Å². The molecule has 2 amide bonds. The van der Waals surface area contributed by atoms with E-state index in [0.717, 1.165) is 58.8 Å². The standard InChI is InChI=1S/C31H33N9O2/c32-17-20-6-10-23(11-7-20)31(42)40(24-14-12-22(13-15-24)30-36-38-39-37-30)28(29(33)41)16-19-4-8-21(9-5-19)25-2-1-3-27-26(25)18-34-35-27/h1-5,8-9,12-15,18,20,23,28H,6-7,10-11,16-17,32H2,(H2,33,41)(H,34,35)(H,36,37,38,39)/t20?,23?,28-/m0/s1. The van der Waals surface area contributed by atoms with Gasteiger partial charge in [0.05, 0.1) is 11.7 Å². The van der Waals surface area contributed by atoms with Crippen LogP contribution in [0.25, 0.3) is 33.4 Å². The number of rotatable bonds is 9. The van der Waals surface area contributed by atoms with Crippen LogP contribution in [0.3, 0.4) is 0 Å². The van der Waals surface area contributed by atoms with Gasteiger partial charge < -0.3 is 11.5 Å². The summed E-state index contributed by atoms with van der Waals surface area (Å²) in [5, 5.41) is 22.3. The summed E-state index contributed by atoms with van der Waals surface area (Å²) >= 11 is 0. The molecule has 1 atom stereocenters. The Balaban J connectivity index is 1.30. The first kappa shape index (κ1) is 27.3. The molecule has 0 spiro atoms. The second kappa shape index (κ2) is 11.9. The second-order valence-corrected chi connectivity index (χ2v) is 10.9. The molecule has 0 aliphatic heterocycles. The van der Waals surface area contributed by atoms with Crippen LogP contribution in [0, 0.1) is 11.8 Å². The Labute approximate surface area is 242 Å². The largest absolute Gasteiger partial charge is 0.368 e. The number of carbonyl (C=O) groups excluding carboxylic acids is 2. The molecule has 1 aliphatic carbocycles. The van der Waals surface area contributed by atoms with Gasteiger partial charge in [-0.1, -0.05) is 36.4 Å². The van der Waals surface area contributed by atoms with Crippen LogP contribution in [0.1, 0.15) is 31.2 Å². The van der Waals surface area contributed by atoms with E-state index < -0.39 is 11.9 Å². The van der Waals surface area contributed by atoms with E-state index in [9.17, 15) is 9.59 Å². The summed E-state index contributed by atoms with van der Waals surface area (Å²) in [5.41, 5.74) is 17.2. The molecule has 214 valence electrons. The van der Waals surface area contributed by atoms with Crippen molar-refractivity contribution in [1.82, 2.24) is 30.8 Å². The Morgan fingerprint density at radius 2 is 1.69 bits per heavy atom. The molecule has 5 aromatic rings. The average molecular weight is 564 g/mol. The predicted molar refractivity (Wildman–Crippen MR) is 160 cm³/mol. The molecule has 11 heteroatoms. The van der Waals surface area contributed by atoms with E-state index in [1.807, 2.05) is 54.7 Å². The number of amides is 2. The fourth-order valence-electron chi connectivity index (χ4n) is 5.94. The number of fused-ring (bicyclic) bond motifs is 1. The second-order valence-electron chi connectivity index (χ2n) is 10.9. The highest BCUT2D eigenvalue weighted by Crippen LogP contribution is 2.33. The summed E-state index contributed by atoms with van der Waals surface area (Å²) < 4.78 is 0. The van der Waals surface area contributed by atoms with Gasteiger partial charge in [0, 0.05) is 29.0 Å². The van der Waals surface area contributed by atoms with E-state index in [2.05, 4.69) is 36.9 Å². The number of hydrogen-bond acceptors (Lipinski definition) is 7. The number of tetrazole rings is 1. The lowest BCUT2D eigenvalue weighted by Crippen LogP contribution is -2.52. The van der Waals surface area contributed by atoms with Gasteiger partial charge >= 0.3 is 0 Å². The van der Waals surface area contributed by atoms with Crippen LogP contribution in [0.4, 0.5) is 5.69 Å². The number of nitrogens with two attached hydrogens (primary N) is 2. The van der Waals surface area contributed by atoms with Crippen LogP contribution < -0.4 is 16.4 Å². The maximum atomic E-state index is 14.1. The fraction of sp³-hybridized carbons (Fsp3) is 0.290. The number of nitrogens with zero attached hydrogens (tertiary/aromatic N) is 5. The number of nitrogens with one attached hydrogen (secondary N) is 2. The van der Waals surface area contributed by atoms with Crippen LogP contribution >= 0.6 is 0 Å². The van der Waals surface area contributed by atoms with Gasteiger partial charge in [0.25, 0.3) is 0 Å². The third-order valence-electron chi connectivity index (χ3n) is 8.33. The minimum atomic E-state index is -0.871.